The molecule has 0 unspecified atom stereocenters. The molecular weight excluding hydrogens is 719 g/mol. The fourth-order valence-corrected chi connectivity index (χ4v) is 7.50. The zero-order valence-electron chi connectivity index (χ0n) is 31.9. The van der Waals surface area contributed by atoms with Crippen LogP contribution in [0.1, 0.15) is 11.1 Å². The Kier molecular flexibility index (Phi) is 10.1. The normalized spacial score (nSPS) is 10.7. The number of nitriles is 2. The Bertz CT molecular complexity index is 2770. The molecule has 0 fully saturated rings. The van der Waals surface area contributed by atoms with E-state index < -0.39 is 0 Å². The number of hydrogen-bond acceptors (Lipinski definition) is 5. The number of nitrogens with zero attached hydrogens (tertiary/aromatic N) is 5. The molecule has 276 valence electrons. The molecule has 0 N–H and O–H groups in total. The molecule has 0 aliphatic rings. The maximum Gasteiger partial charge on any atom is 0.102 e. The zero-order valence-corrected chi connectivity index (χ0v) is 31.9. The van der Waals surface area contributed by atoms with Crippen molar-refractivity contribution in [3.63, 3.8) is 0 Å². The number of aromatic nitrogens is 2. The van der Waals surface area contributed by atoms with Crippen LogP contribution in [0.4, 0.5) is 17.1 Å². The standard InChI is InChI=1S/C54H35N5/c55-36-49-47(34-51(40-16-6-1-7-17-40)57-53(49)42-20-10-3-11-21-42)38-26-30-45(31-27-38)59(44-24-14-5-15-25-44)46-32-28-39(29-33-46)48-35-52(41-18-8-2-9-19-41)58-54(50(48)37-56)43-22-12-4-13-23-43/h1-35H. The van der Waals surface area contributed by atoms with Crippen molar-refractivity contribution in [2.24, 2.45) is 0 Å². The molecule has 0 saturated carbocycles. The summed E-state index contributed by atoms with van der Waals surface area (Å²) in [4.78, 5) is 12.3. The summed E-state index contributed by atoms with van der Waals surface area (Å²) in [7, 11) is 0. The Labute approximate surface area is 344 Å². The molecule has 7 aromatic carbocycles. The molecule has 0 aliphatic heterocycles. The van der Waals surface area contributed by atoms with Gasteiger partial charge >= 0.3 is 0 Å². The van der Waals surface area contributed by atoms with Gasteiger partial charge in [-0.25, -0.2) is 9.97 Å². The van der Waals surface area contributed by atoms with Crippen LogP contribution in [0.25, 0.3) is 67.3 Å². The van der Waals surface area contributed by atoms with Crippen molar-refractivity contribution in [3.05, 3.63) is 223 Å². The van der Waals surface area contributed by atoms with Crippen molar-refractivity contribution in [1.82, 2.24) is 9.97 Å². The molecule has 0 radical (unpaired) electrons. The van der Waals surface area contributed by atoms with E-state index in [1.54, 1.807) is 0 Å². The van der Waals surface area contributed by atoms with Crippen molar-refractivity contribution < 1.29 is 0 Å². The molecule has 0 amide bonds. The summed E-state index contributed by atoms with van der Waals surface area (Å²) in [5.41, 5.74) is 14.0. The first-order valence-electron chi connectivity index (χ1n) is 19.4. The topological polar surface area (TPSA) is 76.6 Å². The number of pyridine rings is 2. The summed E-state index contributed by atoms with van der Waals surface area (Å²) in [6, 6.07) is 75.9. The number of anilines is 3. The van der Waals surface area contributed by atoms with Gasteiger partial charge in [0.25, 0.3) is 0 Å². The lowest BCUT2D eigenvalue weighted by molar-refractivity contribution is 1.28. The van der Waals surface area contributed by atoms with E-state index in [0.29, 0.717) is 22.5 Å². The van der Waals surface area contributed by atoms with Gasteiger partial charge in [0.2, 0.25) is 0 Å². The molecule has 2 aromatic heterocycles. The summed E-state index contributed by atoms with van der Waals surface area (Å²) in [6.07, 6.45) is 0. The van der Waals surface area contributed by atoms with Crippen molar-refractivity contribution >= 4 is 17.1 Å². The molecule has 2 heterocycles. The number of rotatable bonds is 9. The molecule has 59 heavy (non-hydrogen) atoms. The highest BCUT2D eigenvalue weighted by molar-refractivity contribution is 5.87. The van der Waals surface area contributed by atoms with Gasteiger partial charge in [0.1, 0.15) is 12.1 Å². The SMILES string of the molecule is N#Cc1c(-c2ccc(N(c3ccccc3)c3ccc(-c4cc(-c5ccccc5)nc(-c5ccccc5)c4C#N)cc3)cc2)cc(-c2ccccc2)nc1-c1ccccc1. The Morgan fingerprint density at radius 2 is 0.627 bits per heavy atom. The van der Waals surface area contributed by atoms with Crippen LogP contribution in [0.2, 0.25) is 0 Å². The summed E-state index contributed by atoms with van der Waals surface area (Å²) < 4.78 is 0. The van der Waals surface area contributed by atoms with E-state index >= 15 is 0 Å². The third-order valence-electron chi connectivity index (χ3n) is 10.4. The van der Waals surface area contributed by atoms with Crippen molar-refractivity contribution in [2.75, 3.05) is 4.90 Å². The van der Waals surface area contributed by atoms with Gasteiger partial charge in [-0.3, -0.25) is 0 Å². The van der Waals surface area contributed by atoms with Crippen LogP contribution in [0, 0.1) is 22.7 Å². The first-order valence-corrected chi connectivity index (χ1v) is 19.4. The van der Waals surface area contributed by atoms with Gasteiger partial charge in [-0.1, -0.05) is 164 Å². The molecular formula is C54H35N5. The van der Waals surface area contributed by atoms with Crippen LogP contribution in [0.3, 0.4) is 0 Å². The zero-order chi connectivity index (χ0) is 40.0. The summed E-state index contributed by atoms with van der Waals surface area (Å²) in [6.45, 7) is 0. The molecule has 0 saturated heterocycles. The molecule has 9 aromatic rings. The minimum atomic E-state index is 0.526. The molecule has 0 bridgehead atoms. The number of hydrogen-bond donors (Lipinski definition) is 0. The molecule has 5 nitrogen and oxygen atoms in total. The fraction of sp³-hybridized carbons (Fsp3) is 0. The van der Waals surface area contributed by atoms with E-state index in [1.165, 1.54) is 0 Å². The van der Waals surface area contributed by atoms with Crippen LogP contribution in [0.5, 0.6) is 0 Å². The molecule has 0 atom stereocenters. The third kappa shape index (κ3) is 7.36. The Hall–Kier alpha value is -8.38. The van der Waals surface area contributed by atoms with E-state index in [4.69, 9.17) is 9.97 Å². The highest BCUT2D eigenvalue weighted by Crippen LogP contribution is 2.40. The lowest BCUT2D eigenvalue weighted by Crippen LogP contribution is -2.09. The monoisotopic (exact) mass is 753 g/mol. The smallest absolute Gasteiger partial charge is 0.102 e. The summed E-state index contributed by atoms with van der Waals surface area (Å²) >= 11 is 0. The highest BCUT2D eigenvalue weighted by atomic mass is 15.1. The van der Waals surface area contributed by atoms with Crippen LogP contribution in [-0.4, -0.2) is 9.97 Å². The van der Waals surface area contributed by atoms with Crippen LogP contribution in [-0.2, 0) is 0 Å². The molecule has 0 spiro atoms. The second kappa shape index (κ2) is 16.4. The number of para-hydroxylation sites is 1. The lowest BCUT2D eigenvalue weighted by atomic mass is 9.94. The van der Waals surface area contributed by atoms with E-state index in [2.05, 4.69) is 77.7 Å². The fourth-order valence-electron chi connectivity index (χ4n) is 7.50. The predicted octanol–water partition coefficient (Wildman–Crippen LogP) is 13.7. The van der Waals surface area contributed by atoms with E-state index in [9.17, 15) is 10.5 Å². The van der Waals surface area contributed by atoms with Gasteiger partial charge < -0.3 is 4.90 Å². The van der Waals surface area contributed by atoms with E-state index in [1.807, 2.05) is 152 Å². The van der Waals surface area contributed by atoms with E-state index in [-0.39, 0.29) is 0 Å². The lowest BCUT2D eigenvalue weighted by Gasteiger charge is -2.26. The maximum absolute atomic E-state index is 10.6. The maximum atomic E-state index is 10.6. The first-order chi connectivity index (χ1) is 29.2. The second-order valence-corrected chi connectivity index (χ2v) is 14.0. The third-order valence-corrected chi connectivity index (χ3v) is 10.4. The van der Waals surface area contributed by atoms with Gasteiger partial charge in [-0.05, 0) is 59.7 Å². The average molecular weight is 754 g/mol. The Morgan fingerprint density at radius 1 is 0.322 bits per heavy atom. The molecule has 9 rings (SSSR count). The average Bonchev–Trinajstić information content (AvgIpc) is 3.32. The quantitative estimate of drug-likeness (QED) is 0.147. The van der Waals surface area contributed by atoms with Crippen molar-refractivity contribution in [2.45, 2.75) is 0 Å². The summed E-state index contributed by atoms with van der Waals surface area (Å²) in [5, 5.41) is 21.2. The van der Waals surface area contributed by atoms with Crippen LogP contribution in [0.15, 0.2) is 212 Å². The predicted molar refractivity (Wildman–Crippen MR) is 239 cm³/mol. The Morgan fingerprint density at radius 3 is 0.966 bits per heavy atom. The van der Waals surface area contributed by atoms with Gasteiger partial charge in [-0.2, -0.15) is 10.5 Å². The minimum absolute atomic E-state index is 0.526. The van der Waals surface area contributed by atoms with Crippen LogP contribution < -0.4 is 4.90 Å². The summed E-state index contributed by atoms with van der Waals surface area (Å²) in [5.74, 6) is 0. The first kappa shape index (κ1) is 36.3. The minimum Gasteiger partial charge on any atom is -0.311 e. The number of benzene rings is 7. The molecule has 5 heteroatoms. The van der Waals surface area contributed by atoms with Crippen molar-refractivity contribution in [1.29, 1.82) is 10.5 Å². The van der Waals surface area contributed by atoms with Gasteiger partial charge in [-0.15, -0.1) is 0 Å². The van der Waals surface area contributed by atoms with Crippen LogP contribution >= 0.6 is 0 Å². The Balaban J connectivity index is 1.13. The largest absolute Gasteiger partial charge is 0.311 e. The van der Waals surface area contributed by atoms with E-state index in [0.717, 1.165) is 73.0 Å². The van der Waals surface area contributed by atoms with Gasteiger partial charge in [0.15, 0.2) is 0 Å². The highest BCUT2D eigenvalue weighted by Gasteiger charge is 2.20. The second-order valence-electron chi connectivity index (χ2n) is 14.0. The van der Waals surface area contributed by atoms with Gasteiger partial charge in [0.05, 0.1) is 33.9 Å². The molecule has 0 aliphatic carbocycles. The van der Waals surface area contributed by atoms with Crippen molar-refractivity contribution in [3.8, 4) is 79.4 Å². The van der Waals surface area contributed by atoms with Gasteiger partial charge in [0, 0.05) is 50.4 Å².